The van der Waals surface area contributed by atoms with Crippen LogP contribution in [0.5, 0.6) is 5.75 Å². The first-order valence-electron chi connectivity index (χ1n) is 10.0. The number of non-ortho nitro benzene ring substituents is 1. The van der Waals surface area contributed by atoms with Gasteiger partial charge in [0.25, 0.3) is 5.69 Å². The molecule has 1 aromatic heterocycles. The van der Waals surface area contributed by atoms with Crippen LogP contribution in [0.3, 0.4) is 0 Å². The van der Waals surface area contributed by atoms with E-state index in [1.807, 2.05) is 0 Å². The number of aromatic nitrogens is 1. The van der Waals surface area contributed by atoms with Crippen molar-refractivity contribution in [3.63, 3.8) is 0 Å². The zero-order valence-corrected chi connectivity index (χ0v) is 26.9. The van der Waals surface area contributed by atoms with Crippen LogP contribution < -0.4 is 4.74 Å². The number of nitro groups is 1. The van der Waals surface area contributed by atoms with Crippen molar-refractivity contribution in [3.05, 3.63) is 40.6 Å². The Balaban J connectivity index is -0.000000266. The molecule has 0 spiro atoms. The molecule has 2 aromatic rings. The number of carbonyl (C=O) groups excluding carboxylic acids is 4. The molecule has 1 heterocycles. The van der Waals surface area contributed by atoms with Gasteiger partial charge in [0.1, 0.15) is 11.8 Å². The summed E-state index contributed by atoms with van der Waals surface area (Å²) in [7, 11) is 9.90. The molecule has 0 aliphatic rings. The number of carbonyl (C=O) groups is 4. The standard InChI is InChI=1S/C13H12N2O5.C4H7ClO2.C2H3ClO.C2H4O.CH4.2ClH.Zn/c1-8(16)19-9(2)20-12-6-5-11(15(17)18)10-4-3-7-14-13(10)12;1-3(5)7-4(2)6;1-2(3)4;1-2-3;;;;/h3-7,9H,1-2H3;3H,1-2H3;1H3;2H,1H3;1H4;2*1H;/q;;;;;;;+2/p-2. The molecular weight excluding hydrogens is 643 g/mol. The van der Waals surface area contributed by atoms with E-state index in [9.17, 15) is 24.5 Å². The molecule has 38 heavy (non-hydrogen) atoms. The zero-order valence-electron chi connectivity index (χ0n) is 20.9. The van der Waals surface area contributed by atoms with Gasteiger partial charge in [0.15, 0.2) is 11.3 Å². The Labute approximate surface area is 247 Å². The number of esters is 2. The number of hydrogen-bond acceptors (Lipinski definition) is 10. The summed E-state index contributed by atoms with van der Waals surface area (Å²) in [6.07, 6.45) is 1.45. The summed E-state index contributed by atoms with van der Waals surface area (Å²) < 4.78 is 14.7. The normalized spacial score (nSPS) is 9.95. The zero-order chi connectivity index (χ0) is 29.6. The molecule has 2 atom stereocenters. The summed E-state index contributed by atoms with van der Waals surface area (Å²) >= 11 is 8.93. The predicted octanol–water partition coefficient (Wildman–Crippen LogP) is 6.55. The third kappa shape index (κ3) is 25.5. The van der Waals surface area contributed by atoms with Crippen molar-refractivity contribution >= 4 is 82.6 Å². The molecule has 0 fully saturated rings. The molecule has 0 saturated heterocycles. The fourth-order valence-electron chi connectivity index (χ4n) is 2.05. The van der Waals surface area contributed by atoms with Gasteiger partial charge in [0.2, 0.25) is 11.5 Å². The molecule has 0 saturated carbocycles. The van der Waals surface area contributed by atoms with Gasteiger partial charge in [-0.25, -0.2) is 0 Å². The number of aldehydes is 1. The molecule has 0 bridgehead atoms. The third-order valence-electron chi connectivity index (χ3n) is 2.86. The van der Waals surface area contributed by atoms with Crippen LogP contribution in [0.25, 0.3) is 10.9 Å². The van der Waals surface area contributed by atoms with Crippen molar-refractivity contribution in [1.29, 1.82) is 0 Å². The number of alkyl halides is 1. The van der Waals surface area contributed by atoms with Crippen molar-refractivity contribution in [2.45, 2.75) is 60.8 Å². The summed E-state index contributed by atoms with van der Waals surface area (Å²) in [5.41, 5.74) is -0.209. The summed E-state index contributed by atoms with van der Waals surface area (Å²) in [4.78, 5) is 53.4. The fourth-order valence-corrected chi connectivity index (χ4v) is 2.18. The van der Waals surface area contributed by atoms with Crippen LogP contribution in [0.2, 0.25) is 0 Å². The van der Waals surface area contributed by atoms with Gasteiger partial charge in [-0.2, -0.15) is 0 Å². The average molecular weight is 674 g/mol. The van der Waals surface area contributed by atoms with Crippen LogP contribution in [0, 0.1) is 10.1 Å². The Hall–Kier alpha value is -2.11. The van der Waals surface area contributed by atoms with Gasteiger partial charge in [-0.05, 0) is 43.6 Å². The average Bonchev–Trinajstić information content (AvgIpc) is 2.73. The van der Waals surface area contributed by atoms with Gasteiger partial charge in [-0.15, -0.1) is 0 Å². The van der Waals surface area contributed by atoms with Crippen LogP contribution in [-0.4, -0.2) is 45.2 Å². The summed E-state index contributed by atoms with van der Waals surface area (Å²) in [6, 6.07) is 5.96. The molecule has 0 N–H and O–H groups in total. The van der Waals surface area contributed by atoms with Gasteiger partial charge in [-0.1, -0.05) is 19.0 Å². The molecule has 0 radical (unpaired) electrons. The van der Waals surface area contributed by atoms with Gasteiger partial charge in [0, 0.05) is 40.0 Å². The van der Waals surface area contributed by atoms with Crippen molar-refractivity contribution in [3.8, 4) is 5.75 Å². The number of benzene rings is 1. The van der Waals surface area contributed by atoms with E-state index >= 15 is 0 Å². The molecule has 2 rings (SSSR count). The summed E-state index contributed by atoms with van der Waals surface area (Å²) in [6.45, 7) is 8.47. The first kappa shape index (κ1) is 43.0. The van der Waals surface area contributed by atoms with Gasteiger partial charge < -0.3 is 19.0 Å². The van der Waals surface area contributed by atoms with Crippen molar-refractivity contribution in [1.82, 2.24) is 4.98 Å². The number of rotatable bonds is 5. The maximum absolute atomic E-state index is 11.0. The number of nitrogens with zero attached hydrogens (tertiary/aromatic N) is 2. The Morgan fingerprint density at radius 3 is 1.87 bits per heavy atom. The molecule has 1 aromatic carbocycles. The maximum atomic E-state index is 11.0. The van der Waals surface area contributed by atoms with Gasteiger partial charge >= 0.3 is 46.5 Å². The summed E-state index contributed by atoms with van der Waals surface area (Å²) in [5.74, 6) is -0.501. The SMILES string of the molecule is C.CC(=O)Cl.CC(=O)OC(C)Cl.CC(=O)OC(C)Oc1ccc([N+](=O)[O-])c2cccnc12.CC=O.[Cl][Zn][Cl]. The minimum atomic E-state index is -0.931. The van der Waals surface area contributed by atoms with Crippen molar-refractivity contribution in [2.24, 2.45) is 0 Å². The second-order valence-electron chi connectivity index (χ2n) is 5.99. The first-order valence-corrected chi connectivity index (χ1v) is 18.6. The van der Waals surface area contributed by atoms with E-state index in [4.69, 9.17) is 45.3 Å². The number of hydrogen-bond donors (Lipinski definition) is 0. The van der Waals surface area contributed by atoms with E-state index in [0.29, 0.717) is 16.7 Å². The molecule has 0 aliphatic heterocycles. The van der Waals surface area contributed by atoms with E-state index in [1.54, 1.807) is 26.0 Å². The topological polar surface area (TPSA) is 152 Å². The Morgan fingerprint density at radius 1 is 1.08 bits per heavy atom. The van der Waals surface area contributed by atoms with Crippen LogP contribution in [-0.2, 0) is 43.8 Å². The van der Waals surface area contributed by atoms with Crippen LogP contribution >= 0.6 is 42.6 Å². The van der Waals surface area contributed by atoms with Crippen LogP contribution in [0.1, 0.15) is 49.0 Å². The second-order valence-corrected chi connectivity index (χ2v) is 11.8. The van der Waals surface area contributed by atoms with Gasteiger partial charge in [0.05, 0.1) is 10.3 Å². The number of nitro benzene ring substituents is 1. The van der Waals surface area contributed by atoms with Crippen molar-refractivity contribution < 1.29 is 53.5 Å². The Morgan fingerprint density at radius 2 is 1.53 bits per heavy atom. The fraction of sp³-hybridized carbons (Fsp3) is 0.409. The second kappa shape index (κ2) is 26.5. The van der Waals surface area contributed by atoms with Crippen molar-refractivity contribution in [2.75, 3.05) is 0 Å². The number of ether oxygens (including phenoxy) is 3. The molecule has 2 unspecified atom stereocenters. The molecular formula is C22H30Cl4N2O9Zn. The van der Waals surface area contributed by atoms with Crippen LogP contribution in [0.4, 0.5) is 5.69 Å². The number of pyridine rings is 1. The molecule has 11 nitrogen and oxygen atoms in total. The van der Waals surface area contributed by atoms with E-state index < -0.39 is 37.9 Å². The quantitative estimate of drug-likeness (QED) is 0.0499. The Bertz CT molecular complexity index is 994. The van der Waals surface area contributed by atoms with E-state index in [1.165, 1.54) is 46.0 Å². The first-order chi connectivity index (χ1) is 17.2. The van der Waals surface area contributed by atoms with E-state index in [2.05, 4.69) is 21.3 Å². The monoisotopic (exact) mass is 670 g/mol. The molecule has 212 valence electrons. The number of halogens is 4. The molecule has 0 aliphatic carbocycles. The van der Waals surface area contributed by atoms with Gasteiger partial charge in [-0.3, -0.25) is 29.5 Å². The minimum absolute atomic E-state index is 0. The van der Waals surface area contributed by atoms with E-state index in [-0.39, 0.29) is 24.3 Å². The third-order valence-corrected chi connectivity index (χ3v) is 2.95. The molecule has 16 heteroatoms. The van der Waals surface area contributed by atoms with E-state index in [0.717, 1.165) is 6.29 Å². The molecule has 0 amide bonds. The van der Waals surface area contributed by atoms with Crippen LogP contribution in [0.15, 0.2) is 30.5 Å². The Kier molecular flexibility index (Phi) is 30.0. The summed E-state index contributed by atoms with van der Waals surface area (Å²) in [5, 5.41) is 11.0. The predicted molar refractivity (Wildman–Crippen MR) is 144 cm³/mol. The number of fused-ring (bicyclic) bond motifs is 1.